The van der Waals surface area contributed by atoms with Crippen molar-refractivity contribution in [2.24, 2.45) is 5.73 Å². The van der Waals surface area contributed by atoms with E-state index < -0.39 is 60.4 Å². The Morgan fingerprint density at radius 1 is 1.22 bits per heavy atom. The maximum Gasteiger partial charge on any atom is 0.330 e. The Hall–Kier alpha value is -2.17. The van der Waals surface area contributed by atoms with Crippen molar-refractivity contribution in [2.45, 2.75) is 74.8 Å². The van der Waals surface area contributed by atoms with Gasteiger partial charge < -0.3 is 45.5 Å². The van der Waals surface area contributed by atoms with Gasteiger partial charge in [0.05, 0.1) is 12.2 Å². The highest BCUT2D eigenvalue weighted by atomic mass is 16.7. The summed E-state index contributed by atoms with van der Waals surface area (Å²) in [6.45, 7) is 2.22. The lowest BCUT2D eigenvalue weighted by Crippen LogP contribution is -2.44. The van der Waals surface area contributed by atoms with Crippen molar-refractivity contribution in [3.05, 3.63) is 33.1 Å². The van der Waals surface area contributed by atoms with Crippen LogP contribution >= 0.6 is 0 Å². The Balaban J connectivity index is 1.40. The first-order valence-electron chi connectivity index (χ1n) is 12.3. The summed E-state index contributed by atoms with van der Waals surface area (Å²) in [7, 11) is 0. The third-order valence-corrected chi connectivity index (χ3v) is 6.82. The summed E-state index contributed by atoms with van der Waals surface area (Å²) in [6, 6.07) is 1.16. The number of hydrogen-bond donors (Lipinski definition) is 6. The molecule has 0 unspecified atom stereocenters. The first-order valence-corrected chi connectivity index (χ1v) is 12.3. The minimum absolute atomic E-state index is 0.00787. The van der Waals surface area contributed by atoms with Crippen LogP contribution in [0.1, 0.15) is 31.9 Å². The molecule has 0 bridgehead atoms. The van der Waals surface area contributed by atoms with Crippen LogP contribution in [0.15, 0.2) is 21.9 Å². The number of nitrogens with one attached hydrogen (secondary N) is 2. The van der Waals surface area contributed by atoms with Gasteiger partial charge in [0.15, 0.2) is 12.5 Å². The van der Waals surface area contributed by atoms with Gasteiger partial charge in [0.1, 0.15) is 24.4 Å². The van der Waals surface area contributed by atoms with Crippen molar-refractivity contribution in [3.8, 4) is 0 Å². The summed E-state index contributed by atoms with van der Waals surface area (Å²) in [4.78, 5) is 39.3. The molecule has 1 amide bonds. The smallest absolute Gasteiger partial charge is 0.330 e. The predicted octanol–water partition coefficient (Wildman–Crippen LogP) is -3.42. The first kappa shape index (κ1) is 26.9. The Bertz CT molecular complexity index is 1000. The summed E-state index contributed by atoms with van der Waals surface area (Å²) in [6.07, 6.45) is -4.52. The van der Waals surface area contributed by atoms with E-state index in [1.54, 1.807) is 0 Å². The van der Waals surface area contributed by atoms with E-state index in [-0.39, 0.29) is 25.4 Å². The molecular weight excluding hydrogens is 478 g/mol. The van der Waals surface area contributed by atoms with Crippen LogP contribution in [0.5, 0.6) is 0 Å². The molecule has 3 aliphatic rings. The quantitative estimate of drug-likeness (QED) is 0.161. The van der Waals surface area contributed by atoms with E-state index in [9.17, 15) is 29.7 Å². The number of likely N-dealkylation sites (tertiary alicyclic amines) is 1. The summed E-state index contributed by atoms with van der Waals surface area (Å²) in [5, 5.41) is 34.4. The van der Waals surface area contributed by atoms with Crippen LogP contribution in [0.4, 0.5) is 0 Å². The number of hydrogen-bond acceptors (Lipinski definition) is 11. The van der Waals surface area contributed by atoms with Gasteiger partial charge >= 0.3 is 5.69 Å². The molecule has 4 rings (SSSR count). The Labute approximate surface area is 206 Å². The number of aliphatic hydroxyl groups is 3. The third-order valence-electron chi connectivity index (χ3n) is 6.82. The number of ether oxygens (including phenoxy) is 3. The van der Waals surface area contributed by atoms with Crippen LogP contribution in [0.2, 0.25) is 0 Å². The van der Waals surface area contributed by atoms with Gasteiger partial charge in [-0.25, -0.2) is 4.79 Å². The van der Waals surface area contributed by atoms with Gasteiger partial charge in [-0.05, 0) is 19.4 Å². The number of nitrogens with two attached hydrogens (primary N) is 1. The van der Waals surface area contributed by atoms with Crippen LogP contribution in [-0.4, -0.2) is 111 Å². The number of rotatable bonds is 11. The number of aliphatic hydroxyl groups excluding tert-OH is 3. The fourth-order valence-corrected chi connectivity index (χ4v) is 4.84. The second-order valence-electron chi connectivity index (χ2n) is 9.36. The molecule has 0 aliphatic carbocycles. The maximum absolute atomic E-state index is 12.2. The van der Waals surface area contributed by atoms with Gasteiger partial charge in [-0.15, -0.1) is 0 Å². The van der Waals surface area contributed by atoms with E-state index in [0.29, 0.717) is 19.5 Å². The lowest BCUT2D eigenvalue weighted by molar-refractivity contribution is -0.213. The van der Waals surface area contributed by atoms with Crippen molar-refractivity contribution in [1.29, 1.82) is 0 Å². The molecule has 3 saturated heterocycles. The molecule has 0 spiro atoms. The van der Waals surface area contributed by atoms with Crippen LogP contribution in [-0.2, 0) is 19.0 Å². The molecule has 202 valence electrons. The van der Waals surface area contributed by atoms with E-state index in [4.69, 9.17) is 19.9 Å². The second kappa shape index (κ2) is 11.9. The number of amides is 1. The van der Waals surface area contributed by atoms with Gasteiger partial charge in [0.25, 0.3) is 5.56 Å². The molecule has 0 aromatic carbocycles. The predicted molar refractivity (Wildman–Crippen MR) is 124 cm³/mol. The lowest BCUT2D eigenvalue weighted by Gasteiger charge is -2.28. The molecular formula is C22H35N5O9. The molecule has 1 aromatic rings. The number of aromatic nitrogens is 2. The van der Waals surface area contributed by atoms with Gasteiger partial charge in [-0.3, -0.25) is 19.1 Å². The molecule has 14 nitrogen and oxygen atoms in total. The van der Waals surface area contributed by atoms with E-state index in [1.807, 2.05) is 4.90 Å². The maximum atomic E-state index is 12.2. The molecule has 1 aromatic heterocycles. The highest BCUT2D eigenvalue weighted by molar-refractivity contribution is 5.77. The molecule has 0 saturated carbocycles. The molecule has 7 N–H and O–H groups in total. The number of carbonyl (C=O) groups is 1. The van der Waals surface area contributed by atoms with Gasteiger partial charge in [0, 0.05) is 51.3 Å². The minimum atomic E-state index is -1.33. The lowest BCUT2D eigenvalue weighted by atomic mass is 10.1. The number of nitrogens with zero attached hydrogens (tertiary/aromatic N) is 2. The fourth-order valence-electron chi connectivity index (χ4n) is 4.84. The Morgan fingerprint density at radius 2 is 2.03 bits per heavy atom. The summed E-state index contributed by atoms with van der Waals surface area (Å²) < 4.78 is 18.6. The second-order valence-corrected chi connectivity index (χ2v) is 9.36. The van der Waals surface area contributed by atoms with Crippen molar-refractivity contribution in [2.75, 3.05) is 32.7 Å². The fraction of sp³-hybridized carbons (Fsp3) is 0.773. The van der Waals surface area contributed by atoms with E-state index >= 15 is 0 Å². The molecule has 14 heteroatoms. The SMILES string of the molecule is NC[C@H]1O[C@@H](O[C@@H](CNCCCN2CCCC2=O)[C@@H]2C[C@@H](O)[C@H](n3ccc(=O)[nH]c3=O)O2)[C@H](O)[C@@H]1O. The first-order chi connectivity index (χ1) is 17.3. The van der Waals surface area contributed by atoms with E-state index in [0.717, 1.165) is 30.0 Å². The topological polar surface area (TPSA) is 202 Å². The zero-order valence-corrected chi connectivity index (χ0v) is 19.9. The number of carbonyl (C=O) groups excluding carboxylic acids is 1. The van der Waals surface area contributed by atoms with Crippen LogP contribution in [0.3, 0.4) is 0 Å². The van der Waals surface area contributed by atoms with Crippen molar-refractivity contribution < 1.29 is 34.3 Å². The summed E-state index contributed by atoms with van der Waals surface area (Å²) >= 11 is 0. The zero-order valence-electron chi connectivity index (χ0n) is 19.9. The van der Waals surface area contributed by atoms with Crippen LogP contribution < -0.4 is 22.3 Å². The summed E-state index contributed by atoms with van der Waals surface area (Å²) in [5.74, 6) is 0.161. The highest BCUT2D eigenvalue weighted by Crippen LogP contribution is 2.32. The highest BCUT2D eigenvalue weighted by Gasteiger charge is 2.46. The monoisotopic (exact) mass is 513 g/mol. The minimum Gasteiger partial charge on any atom is -0.388 e. The number of aromatic amines is 1. The largest absolute Gasteiger partial charge is 0.388 e. The van der Waals surface area contributed by atoms with E-state index in [2.05, 4.69) is 10.3 Å². The molecule has 8 atom stereocenters. The van der Waals surface area contributed by atoms with Crippen molar-refractivity contribution >= 4 is 5.91 Å². The van der Waals surface area contributed by atoms with Gasteiger partial charge in [0.2, 0.25) is 5.91 Å². The van der Waals surface area contributed by atoms with Crippen molar-refractivity contribution in [1.82, 2.24) is 19.8 Å². The van der Waals surface area contributed by atoms with Crippen LogP contribution in [0, 0.1) is 0 Å². The molecule has 3 aliphatic heterocycles. The van der Waals surface area contributed by atoms with Gasteiger partial charge in [-0.2, -0.15) is 0 Å². The third kappa shape index (κ3) is 6.03. The molecule has 4 heterocycles. The van der Waals surface area contributed by atoms with Gasteiger partial charge in [-0.1, -0.05) is 0 Å². The zero-order chi connectivity index (χ0) is 25.8. The molecule has 36 heavy (non-hydrogen) atoms. The average Bonchev–Trinajstić information content (AvgIpc) is 3.51. The molecule has 0 radical (unpaired) electrons. The molecule has 3 fully saturated rings. The Morgan fingerprint density at radius 3 is 2.69 bits per heavy atom. The summed E-state index contributed by atoms with van der Waals surface area (Å²) in [5.41, 5.74) is 4.31. The standard InChI is InChI=1S/C22H35N5O9/c23-10-14-18(31)19(32)21(35-14)36-15(11-24-5-2-7-26-6-1-3-17(26)30)13-9-12(28)20(34-13)27-8-4-16(29)25-22(27)33/h4,8,12-15,18-21,24,28,31-32H,1-3,5-7,9-11,23H2,(H,25,29,33)/t12-,13+,14-,15+,18-,19-,20-,21+/m1/s1. The Kier molecular flexibility index (Phi) is 8.90. The van der Waals surface area contributed by atoms with Crippen molar-refractivity contribution in [3.63, 3.8) is 0 Å². The van der Waals surface area contributed by atoms with E-state index in [1.165, 1.54) is 6.20 Å². The number of H-pyrrole nitrogens is 1. The van der Waals surface area contributed by atoms with Crippen LogP contribution in [0.25, 0.3) is 0 Å². The average molecular weight is 514 g/mol. The normalized spacial score (nSPS) is 33.5.